The van der Waals surface area contributed by atoms with Crippen molar-refractivity contribution in [1.82, 2.24) is 30.2 Å². The Kier molecular flexibility index (Phi) is 5.38. The van der Waals surface area contributed by atoms with Crippen molar-refractivity contribution in [2.75, 3.05) is 18.9 Å². The quantitative estimate of drug-likeness (QED) is 0.368. The summed E-state index contributed by atoms with van der Waals surface area (Å²) in [7, 11) is 0. The number of carbonyl (C=O) groups excluding carboxylic acids is 1. The molecule has 0 aliphatic rings. The molecule has 0 atom stereocenters. The van der Waals surface area contributed by atoms with Crippen LogP contribution in [0.25, 0.3) is 28.2 Å². The van der Waals surface area contributed by atoms with Gasteiger partial charge in [0.2, 0.25) is 0 Å². The first kappa shape index (κ1) is 20.2. The van der Waals surface area contributed by atoms with E-state index in [4.69, 9.17) is 15.1 Å². The molecular weight excluding hydrogens is 422 g/mol. The fraction of sp³-hybridized carbons (Fsp3) is 0.0870. The first-order chi connectivity index (χ1) is 16.2. The monoisotopic (exact) mass is 441 g/mol. The van der Waals surface area contributed by atoms with Crippen LogP contribution >= 0.6 is 0 Å². The molecule has 2 aromatic carbocycles. The molecule has 3 N–H and O–H groups in total. The highest BCUT2D eigenvalue weighted by molar-refractivity contribution is 5.94. The predicted octanol–water partition coefficient (Wildman–Crippen LogP) is 2.86. The lowest BCUT2D eigenvalue weighted by molar-refractivity contribution is 0.0947. The highest BCUT2D eigenvalue weighted by Gasteiger charge is 2.20. The molecule has 10 nitrogen and oxygen atoms in total. The molecule has 0 aliphatic heterocycles. The van der Waals surface area contributed by atoms with Crippen molar-refractivity contribution in [2.24, 2.45) is 0 Å². The first-order valence-electron chi connectivity index (χ1n) is 10.2. The zero-order valence-corrected chi connectivity index (χ0v) is 17.4. The number of rotatable bonds is 7. The van der Waals surface area contributed by atoms with Gasteiger partial charge in [-0.15, -0.1) is 0 Å². The van der Waals surface area contributed by atoms with Gasteiger partial charge < -0.3 is 15.8 Å². The average molecular weight is 441 g/mol. The fourth-order valence-corrected chi connectivity index (χ4v) is 3.42. The Morgan fingerprint density at radius 1 is 1.06 bits per heavy atom. The molecule has 0 radical (unpaired) electrons. The normalized spacial score (nSPS) is 10.9. The van der Waals surface area contributed by atoms with Crippen molar-refractivity contribution in [2.45, 2.75) is 0 Å². The average Bonchev–Trinajstić information content (AvgIpc) is 3.45. The first-order valence-corrected chi connectivity index (χ1v) is 10.2. The van der Waals surface area contributed by atoms with E-state index in [1.54, 1.807) is 24.5 Å². The van der Waals surface area contributed by atoms with E-state index in [1.807, 2.05) is 53.1 Å². The number of nitrogens with one attached hydrogen (secondary N) is 1. The van der Waals surface area contributed by atoms with Crippen LogP contribution in [-0.4, -0.2) is 43.9 Å². The highest BCUT2D eigenvalue weighted by atomic mass is 16.6. The Hall–Kier alpha value is -4.73. The summed E-state index contributed by atoms with van der Waals surface area (Å²) in [4.78, 5) is 20.8. The summed E-state index contributed by atoms with van der Waals surface area (Å²) in [5.41, 5.74) is 9.21. The van der Waals surface area contributed by atoms with Crippen LogP contribution < -0.4 is 15.8 Å². The van der Waals surface area contributed by atoms with Crippen LogP contribution in [0.1, 0.15) is 10.4 Å². The number of hydrogen-bond acceptors (Lipinski definition) is 8. The lowest BCUT2D eigenvalue weighted by Crippen LogP contribution is -2.27. The van der Waals surface area contributed by atoms with Crippen LogP contribution in [0.4, 0.5) is 5.82 Å². The second-order valence-electron chi connectivity index (χ2n) is 7.10. The van der Waals surface area contributed by atoms with E-state index in [9.17, 15) is 4.79 Å². The minimum atomic E-state index is -0.134. The Labute approximate surface area is 188 Å². The van der Waals surface area contributed by atoms with Crippen LogP contribution in [-0.2, 0) is 0 Å². The molecule has 33 heavy (non-hydrogen) atoms. The second-order valence-corrected chi connectivity index (χ2v) is 7.10. The molecule has 10 heteroatoms. The SMILES string of the molecule is Nc1nonc1-c1nc2cnccc2n1-c1ccc(OCCNC(=O)c2ccccc2)cc1. The number of ether oxygens (including phenoxy) is 1. The molecule has 5 aromatic rings. The molecule has 0 bridgehead atoms. The summed E-state index contributed by atoms with van der Waals surface area (Å²) < 4.78 is 12.4. The zero-order chi connectivity index (χ0) is 22.6. The summed E-state index contributed by atoms with van der Waals surface area (Å²) in [5, 5.41) is 10.4. The molecular formula is C23H19N7O3. The molecule has 0 spiro atoms. The molecule has 164 valence electrons. The Balaban J connectivity index is 1.31. The van der Waals surface area contributed by atoms with Gasteiger partial charge in [0, 0.05) is 17.4 Å². The number of aromatic nitrogens is 5. The van der Waals surface area contributed by atoms with Crippen molar-refractivity contribution in [1.29, 1.82) is 0 Å². The van der Waals surface area contributed by atoms with Crippen molar-refractivity contribution >= 4 is 22.8 Å². The number of anilines is 1. The molecule has 1 amide bonds. The van der Waals surface area contributed by atoms with Gasteiger partial charge in [-0.3, -0.25) is 14.3 Å². The Bertz CT molecular complexity index is 1390. The summed E-state index contributed by atoms with van der Waals surface area (Å²) in [6, 6.07) is 18.4. The zero-order valence-electron chi connectivity index (χ0n) is 17.4. The lowest BCUT2D eigenvalue weighted by atomic mass is 10.2. The Morgan fingerprint density at radius 3 is 2.64 bits per heavy atom. The molecule has 0 unspecified atom stereocenters. The minimum Gasteiger partial charge on any atom is -0.492 e. The van der Waals surface area contributed by atoms with Crippen molar-refractivity contribution in [3.63, 3.8) is 0 Å². The van der Waals surface area contributed by atoms with Crippen LogP contribution in [0.15, 0.2) is 77.7 Å². The molecule has 5 rings (SSSR count). The second kappa shape index (κ2) is 8.79. The molecule has 0 saturated carbocycles. The van der Waals surface area contributed by atoms with E-state index in [-0.39, 0.29) is 11.7 Å². The molecule has 3 aromatic heterocycles. The van der Waals surface area contributed by atoms with Crippen molar-refractivity contribution in [3.8, 4) is 23.0 Å². The van der Waals surface area contributed by atoms with Crippen LogP contribution in [0.5, 0.6) is 5.75 Å². The van der Waals surface area contributed by atoms with E-state index in [0.717, 1.165) is 11.2 Å². The number of benzene rings is 2. The summed E-state index contributed by atoms with van der Waals surface area (Å²) in [5.74, 6) is 1.18. The van der Waals surface area contributed by atoms with E-state index in [2.05, 4.69) is 25.6 Å². The number of nitrogen functional groups attached to an aromatic ring is 1. The number of nitrogens with two attached hydrogens (primary N) is 1. The third kappa shape index (κ3) is 4.09. The van der Waals surface area contributed by atoms with Crippen molar-refractivity contribution in [3.05, 3.63) is 78.6 Å². The van der Waals surface area contributed by atoms with E-state index in [0.29, 0.717) is 41.5 Å². The highest BCUT2D eigenvalue weighted by Crippen LogP contribution is 2.30. The van der Waals surface area contributed by atoms with Gasteiger partial charge >= 0.3 is 0 Å². The maximum Gasteiger partial charge on any atom is 0.251 e. The Morgan fingerprint density at radius 2 is 1.88 bits per heavy atom. The largest absolute Gasteiger partial charge is 0.492 e. The molecule has 0 saturated heterocycles. The minimum absolute atomic E-state index is 0.134. The maximum atomic E-state index is 12.1. The fourth-order valence-electron chi connectivity index (χ4n) is 3.42. The van der Waals surface area contributed by atoms with Crippen LogP contribution in [0.3, 0.4) is 0 Å². The van der Waals surface area contributed by atoms with Gasteiger partial charge in [-0.25, -0.2) is 9.61 Å². The summed E-state index contributed by atoms with van der Waals surface area (Å²) in [6.07, 6.45) is 3.36. The van der Waals surface area contributed by atoms with E-state index < -0.39 is 0 Å². The number of nitrogens with zero attached hydrogens (tertiary/aromatic N) is 5. The maximum absolute atomic E-state index is 12.1. The topological polar surface area (TPSA) is 134 Å². The number of pyridine rings is 1. The number of imidazole rings is 1. The van der Waals surface area contributed by atoms with Gasteiger partial charge in [-0.1, -0.05) is 18.2 Å². The van der Waals surface area contributed by atoms with Gasteiger partial charge in [0.25, 0.3) is 5.91 Å². The molecule has 0 fully saturated rings. The van der Waals surface area contributed by atoms with Crippen molar-refractivity contribution < 1.29 is 14.2 Å². The summed E-state index contributed by atoms with van der Waals surface area (Å²) >= 11 is 0. The number of amides is 1. The molecule has 0 aliphatic carbocycles. The predicted molar refractivity (Wildman–Crippen MR) is 121 cm³/mol. The van der Waals surface area contributed by atoms with Gasteiger partial charge in [0.05, 0.1) is 18.3 Å². The third-order valence-corrected chi connectivity index (χ3v) is 4.97. The van der Waals surface area contributed by atoms with Gasteiger partial charge in [-0.2, -0.15) is 0 Å². The van der Waals surface area contributed by atoms with Crippen LogP contribution in [0.2, 0.25) is 0 Å². The number of fused-ring (bicyclic) bond motifs is 1. The number of hydrogen-bond donors (Lipinski definition) is 2. The number of carbonyl (C=O) groups is 1. The smallest absolute Gasteiger partial charge is 0.251 e. The van der Waals surface area contributed by atoms with Gasteiger partial charge in [-0.05, 0) is 52.8 Å². The van der Waals surface area contributed by atoms with E-state index >= 15 is 0 Å². The summed E-state index contributed by atoms with van der Waals surface area (Å²) in [6.45, 7) is 0.723. The molecule has 3 heterocycles. The van der Waals surface area contributed by atoms with E-state index in [1.165, 1.54) is 0 Å². The van der Waals surface area contributed by atoms with Crippen LogP contribution in [0, 0.1) is 0 Å². The lowest BCUT2D eigenvalue weighted by Gasteiger charge is -2.11. The van der Waals surface area contributed by atoms with Gasteiger partial charge in [0.15, 0.2) is 17.3 Å². The standard InChI is InChI=1S/C23H19N7O3/c24-21-20(28-33-29-21)22-27-18-14-25-11-10-19(18)30(22)16-6-8-17(9-7-16)32-13-12-26-23(31)15-4-2-1-3-5-15/h1-11,14H,12-13H2,(H2,24,29)(H,26,31). The van der Waals surface area contributed by atoms with Gasteiger partial charge in [0.1, 0.15) is 17.9 Å². The third-order valence-electron chi connectivity index (χ3n) is 4.97.